The van der Waals surface area contributed by atoms with Crippen molar-refractivity contribution in [3.63, 3.8) is 0 Å². The zero-order valence-electron chi connectivity index (χ0n) is 10.2. The molecule has 1 aromatic carbocycles. The number of rotatable bonds is 6. The molecule has 17 heavy (non-hydrogen) atoms. The third-order valence-corrected chi connectivity index (χ3v) is 4.81. The van der Waals surface area contributed by atoms with Crippen LogP contribution in [0.2, 0.25) is 0 Å². The molecule has 0 N–H and O–H groups in total. The molecule has 3 heteroatoms. The Bertz CT molecular complexity index is 436. The van der Waals surface area contributed by atoms with Crippen molar-refractivity contribution in [1.29, 1.82) is 0 Å². The van der Waals surface area contributed by atoms with Gasteiger partial charge in [0.05, 0.1) is 0 Å². The molecule has 0 radical (unpaired) electrons. The Morgan fingerprint density at radius 3 is 2.82 bits per heavy atom. The molecule has 0 spiro atoms. The molecule has 0 amide bonds. The summed E-state index contributed by atoms with van der Waals surface area (Å²) in [7, 11) is 0. The minimum absolute atomic E-state index is 0.531. The van der Waals surface area contributed by atoms with E-state index in [1.54, 1.807) is 0 Å². The standard InChI is InChI=1S/C14H19N2Se/c1-2-3-9-15-10-11-16(12-15)13-17-14-7-5-4-6-8-14/h4-8,10-12H,2-3,9,13H2,1H3/q+1. The predicted molar refractivity (Wildman–Crippen MR) is 71.4 cm³/mol. The number of hydrogen-bond acceptors (Lipinski definition) is 0. The Morgan fingerprint density at radius 1 is 1.24 bits per heavy atom. The second-order valence-electron chi connectivity index (χ2n) is 4.11. The second kappa shape index (κ2) is 6.63. The molecule has 0 aliphatic rings. The van der Waals surface area contributed by atoms with E-state index >= 15 is 0 Å². The van der Waals surface area contributed by atoms with Crippen LogP contribution in [0.15, 0.2) is 49.1 Å². The molecule has 0 bridgehead atoms. The first-order valence-electron chi connectivity index (χ1n) is 6.11. The zero-order chi connectivity index (χ0) is 11.9. The average Bonchev–Trinajstić information content (AvgIpc) is 2.83. The number of imidazole rings is 1. The van der Waals surface area contributed by atoms with Crippen molar-refractivity contribution >= 4 is 19.4 Å². The first kappa shape index (κ1) is 12.4. The molecule has 2 aromatic rings. The molecule has 2 nitrogen and oxygen atoms in total. The molecule has 1 aromatic heterocycles. The van der Waals surface area contributed by atoms with Gasteiger partial charge in [0.25, 0.3) is 0 Å². The Balaban J connectivity index is 1.85. The molecule has 0 unspecified atom stereocenters. The van der Waals surface area contributed by atoms with Gasteiger partial charge in [-0.25, -0.2) is 0 Å². The van der Waals surface area contributed by atoms with Crippen LogP contribution < -0.4 is 9.03 Å². The number of unbranched alkanes of at least 4 members (excludes halogenated alkanes) is 1. The summed E-state index contributed by atoms with van der Waals surface area (Å²) in [6, 6.07) is 10.7. The summed E-state index contributed by atoms with van der Waals surface area (Å²) in [4.78, 5) is 0. The predicted octanol–water partition coefficient (Wildman–Crippen LogP) is 1.56. The summed E-state index contributed by atoms with van der Waals surface area (Å²) in [5.74, 6) is 0. The van der Waals surface area contributed by atoms with Crippen molar-refractivity contribution in [3.8, 4) is 0 Å². The van der Waals surface area contributed by atoms with Gasteiger partial charge < -0.3 is 0 Å². The molecule has 0 aliphatic carbocycles. The number of aryl methyl sites for hydroxylation is 1. The van der Waals surface area contributed by atoms with E-state index in [-0.39, 0.29) is 0 Å². The Hall–Kier alpha value is -1.05. The van der Waals surface area contributed by atoms with Crippen molar-refractivity contribution in [2.24, 2.45) is 0 Å². The first-order valence-corrected chi connectivity index (χ1v) is 8.18. The normalized spacial score (nSPS) is 10.6. The van der Waals surface area contributed by atoms with Gasteiger partial charge in [0.2, 0.25) is 0 Å². The van der Waals surface area contributed by atoms with E-state index in [4.69, 9.17) is 0 Å². The monoisotopic (exact) mass is 295 g/mol. The molecule has 0 aliphatic heterocycles. The van der Waals surface area contributed by atoms with Crippen LogP contribution in [0.3, 0.4) is 0 Å². The zero-order valence-corrected chi connectivity index (χ0v) is 12.0. The fraction of sp³-hybridized carbons (Fsp3) is 0.357. The molecular weight excluding hydrogens is 275 g/mol. The van der Waals surface area contributed by atoms with Crippen LogP contribution in [0.4, 0.5) is 0 Å². The molecule has 0 saturated heterocycles. The summed E-state index contributed by atoms with van der Waals surface area (Å²) < 4.78 is 6.04. The molecule has 0 saturated carbocycles. The van der Waals surface area contributed by atoms with Gasteiger partial charge in [-0.3, -0.25) is 0 Å². The Morgan fingerprint density at radius 2 is 2.06 bits per heavy atom. The molecular formula is C14H19N2Se+. The minimum atomic E-state index is 0.531. The van der Waals surface area contributed by atoms with Gasteiger partial charge in [0.1, 0.15) is 0 Å². The van der Waals surface area contributed by atoms with E-state index in [1.165, 1.54) is 17.3 Å². The molecule has 90 valence electrons. The van der Waals surface area contributed by atoms with E-state index in [0.717, 1.165) is 12.0 Å². The van der Waals surface area contributed by atoms with Crippen LogP contribution in [-0.2, 0) is 12.0 Å². The summed E-state index contributed by atoms with van der Waals surface area (Å²) in [5.41, 5.74) is 1.12. The third-order valence-electron chi connectivity index (χ3n) is 2.64. The van der Waals surface area contributed by atoms with Crippen molar-refractivity contribution in [2.75, 3.05) is 0 Å². The van der Waals surface area contributed by atoms with Crippen LogP contribution in [0.1, 0.15) is 19.8 Å². The number of nitrogens with zero attached hydrogens (tertiary/aromatic N) is 2. The molecule has 1 heterocycles. The van der Waals surface area contributed by atoms with Gasteiger partial charge in [-0.15, -0.1) is 0 Å². The summed E-state index contributed by atoms with van der Waals surface area (Å²) in [6.45, 7) is 3.37. The topological polar surface area (TPSA) is 8.81 Å². The van der Waals surface area contributed by atoms with Crippen LogP contribution in [-0.4, -0.2) is 19.5 Å². The summed E-state index contributed by atoms with van der Waals surface area (Å²) in [6.07, 6.45) is 9.10. The van der Waals surface area contributed by atoms with Crippen molar-refractivity contribution < 1.29 is 4.57 Å². The van der Waals surface area contributed by atoms with Gasteiger partial charge in [-0.2, -0.15) is 0 Å². The Kier molecular flexibility index (Phi) is 4.84. The van der Waals surface area contributed by atoms with Crippen LogP contribution >= 0.6 is 0 Å². The van der Waals surface area contributed by atoms with Gasteiger partial charge in [0.15, 0.2) is 0 Å². The van der Waals surface area contributed by atoms with E-state index in [9.17, 15) is 0 Å². The summed E-state index contributed by atoms with van der Waals surface area (Å²) in [5, 5.41) is 0. The van der Waals surface area contributed by atoms with Crippen LogP contribution in [0, 0.1) is 0 Å². The van der Waals surface area contributed by atoms with E-state index < -0.39 is 0 Å². The van der Waals surface area contributed by atoms with Crippen molar-refractivity contribution in [1.82, 2.24) is 4.57 Å². The van der Waals surface area contributed by atoms with Gasteiger partial charge in [0, 0.05) is 0 Å². The van der Waals surface area contributed by atoms with Crippen molar-refractivity contribution in [2.45, 2.75) is 31.8 Å². The maximum absolute atomic E-state index is 2.29. The number of aromatic nitrogens is 2. The van der Waals surface area contributed by atoms with E-state index in [1.807, 2.05) is 0 Å². The molecule has 0 atom stereocenters. The SMILES string of the molecule is CCCCn1cc[n+](C[Se]c2ccccc2)c1. The van der Waals surface area contributed by atoms with Gasteiger partial charge >= 0.3 is 109 Å². The van der Waals surface area contributed by atoms with Gasteiger partial charge in [-0.05, 0) is 0 Å². The maximum atomic E-state index is 2.29. The fourth-order valence-corrected chi connectivity index (χ4v) is 3.33. The van der Waals surface area contributed by atoms with Crippen LogP contribution in [0.5, 0.6) is 0 Å². The van der Waals surface area contributed by atoms with Crippen molar-refractivity contribution in [3.05, 3.63) is 49.1 Å². The fourth-order valence-electron chi connectivity index (χ4n) is 1.65. The Labute approximate surface area is 109 Å². The average molecular weight is 294 g/mol. The second-order valence-corrected chi connectivity index (χ2v) is 6.24. The first-order chi connectivity index (χ1) is 8.38. The summed E-state index contributed by atoms with van der Waals surface area (Å²) >= 11 is 0.531. The van der Waals surface area contributed by atoms with Gasteiger partial charge in [-0.1, -0.05) is 0 Å². The molecule has 2 rings (SSSR count). The molecule has 0 fully saturated rings. The third kappa shape index (κ3) is 4.03. The quantitative estimate of drug-likeness (QED) is 0.565. The van der Waals surface area contributed by atoms with E-state index in [2.05, 4.69) is 65.1 Å². The number of benzene rings is 1. The number of hydrogen-bond donors (Lipinski definition) is 0. The van der Waals surface area contributed by atoms with E-state index in [0.29, 0.717) is 15.0 Å². The van der Waals surface area contributed by atoms with Crippen LogP contribution in [0.25, 0.3) is 0 Å².